The average molecular weight is 420 g/mol. The summed E-state index contributed by atoms with van der Waals surface area (Å²) >= 11 is 0. The maximum atomic E-state index is 12.2. The van der Waals surface area contributed by atoms with Crippen LogP contribution in [0.15, 0.2) is 48.5 Å². The molecular weight excluding hydrogens is 396 g/mol. The third-order valence-electron chi connectivity index (χ3n) is 5.08. The van der Waals surface area contributed by atoms with Crippen molar-refractivity contribution in [3.63, 3.8) is 0 Å². The molecule has 0 bridgehead atoms. The summed E-state index contributed by atoms with van der Waals surface area (Å²) < 4.78 is 5.49. The highest BCUT2D eigenvalue weighted by atomic mass is 16.5. The van der Waals surface area contributed by atoms with Crippen molar-refractivity contribution in [3.8, 4) is 23.0 Å². The van der Waals surface area contributed by atoms with E-state index in [1.807, 2.05) is 30.2 Å². The van der Waals surface area contributed by atoms with E-state index in [2.05, 4.69) is 40.8 Å². The number of aliphatic carboxylic acids is 1. The highest BCUT2D eigenvalue weighted by Crippen LogP contribution is 2.44. The summed E-state index contributed by atoms with van der Waals surface area (Å²) in [5.74, 6) is 2.73. The van der Waals surface area contributed by atoms with Gasteiger partial charge in [0.05, 0.1) is 6.54 Å². The molecule has 0 saturated heterocycles. The van der Waals surface area contributed by atoms with Crippen LogP contribution >= 0.6 is 0 Å². The summed E-state index contributed by atoms with van der Waals surface area (Å²) in [4.78, 5) is 34.3. The van der Waals surface area contributed by atoms with Gasteiger partial charge in [-0.2, -0.15) is 0 Å². The molecule has 2 aromatic rings. The molecule has 0 heterocycles. The maximum Gasteiger partial charge on any atom is 0.407 e. The first kappa shape index (κ1) is 21.9. The molecule has 0 radical (unpaired) electrons. The monoisotopic (exact) mass is 420 g/mol. The predicted molar refractivity (Wildman–Crippen MR) is 115 cm³/mol. The number of rotatable bonds is 7. The van der Waals surface area contributed by atoms with Crippen molar-refractivity contribution in [1.82, 2.24) is 10.6 Å². The number of carboxylic acid groups (broad SMARTS) is 1. The van der Waals surface area contributed by atoms with E-state index in [1.54, 1.807) is 6.92 Å². The molecule has 3 N–H and O–H groups in total. The van der Waals surface area contributed by atoms with E-state index in [1.165, 1.54) is 11.1 Å². The largest absolute Gasteiger partial charge is 0.472 e. The summed E-state index contributed by atoms with van der Waals surface area (Å²) in [5.41, 5.74) is 4.62. The number of fused-ring (bicyclic) bond motifs is 3. The molecule has 7 heteroatoms. The van der Waals surface area contributed by atoms with Crippen LogP contribution in [0.4, 0.5) is 4.79 Å². The Balaban J connectivity index is 1.45. The first-order valence-corrected chi connectivity index (χ1v) is 10.1. The normalized spacial score (nSPS) is 12.5. The minimum atomic E-state index is -1.24. The molecule has 7 nitrogen and oxygen atoms in total. The average Bonchev–Trinajstić information content (AvgIpc) is 3.07. The number of benzene rings is 2. The molecule has 0 saturated carbocycles. The van der Waals surface area contributed by atoms with Gasteiger partial charge in [0.2, 0.25) is 5.91 Å². The summed E-state index contributed by atoms with van der Waals surface area (Å²) in [6.07, 6.45) is 0.0733. The van der Waals surface area contributed by atoms with Crippen molar-refractivity contribution in [2.75, 3.05) is 13.2 Å². The molecule has 2 aromatic carbocycles. The molecule has 0 fully saturated rings. The van der Waals surface area contributed by atoms with Gasteiger partial charge in [-0.05, 0) is 35.6 Å². The van der Waals surface area contributed by atoms with Gasteiger partial charge >= 0.3 is 12.1 Å². The van der Waals surface area contributed by atoms with E-state index in [-0.39, 0.29) is 37.4 Å². The van der Waals surface area contributed by atoms with E-state index < -0.39 is 12.1 Å². The fraction of sp³-hybridized carbons (Fsp3) is 0.292. The fourth-order valence-electron chi connectivity index (χ4n) is 3.61. The lowest BCUT2D eigenvalue weighted by atomic mass is 9.98. The summed E-state index contributed by atoms with van der Waals surface area (Å²) in [7, 11) is 0. The zero-order valence-electron chi connectivity index (χ0n) is 17.2. The van der Waals surface area contributed by atoms with Gasteiger partial charge in [-0.1, -0.05) is 54.5 Å². The molecule has 0 aliphatic heterocycles. The number of amides is 2. The Morgan fingerprint density at radius 3 is 2.29 bits per heavy atom. The maximum absolute atomic E-state index is 12.2. The van der Waals surface area contributed by atoms with Crippen LogP contribution < -0.4 is 10.6 Å². The summed E-state index contributed by atoms with van der Waals surface area (Å²) in [5, 5.41) is 13.7. The Morgan fingerprint density at radius 2 is 1.68 bits per heavy atom. The van der Waals surface area contributed by atoms with Crippen LogP contribution in [0.2, 0.25) is 0 Å². The van der Waals surface area contributed by atoms with Gasteiger partial charge in [0.1, 0.15) is 6.61 Å². The number of hydrogen-bond acceptors (Lipinski definition) is 4. The number of hydrogen-bond donors (Lipinski definition) is 3. The van der Waals surface area contributed by atoms with Crippen molar-refractivity contribution >= 4 is 18.0 Å². The van der Waals surface area contributed by atoms with Crippen LogP contribution in [0, 0.1) is 11.8 Å². The lowest BCUT2D eigenvalue weighted by Gasteiger charge is -2.17. The van der Waals surface area contributed by atoms with Gasteiger partial charge in [0, 0.05) is 24.3 Å². The van der Waals surface area contributed by atoms with Crippen LogP contribution in [-0.4, -0.2) is 42.3 Å². The second kappa shape index (κ2) is 10.3. The highest BCUT2D eigenvalue weighted by Gasteiger charge is 2.29. The Morgan fingerprint density at radius 1 is 1.06 bits per heavy atom. The molecule has 1 atom stereocenters. The van der Waals surface area contributed by atoms with Crippen LogP contribution in [0.25, 0.3) is 11.1 Å². The second-order valence-electron chi connectivity index (χ2n) is 7.29. The van der Waals surface area contributed by atoms with E-state index in [4.69, 9.17) is 9.84 Å². The van der Waals surface area contributed by atoms with E-state index in [0.717, 1.165) is 11.1 Å². The van der Waals surface area contributed by atoms with E-state index in [9.17, 15) is 14.4 Å². The van der Waals surface area contributed by atoms with Gasteiger partial charge in [0.15, 0.2) is 0 Å². The fourth-order valence-corrected chi connectivity index (χ4v) is 3.61. The van der Waals surface area contributed by atoms with Crippen LogP contribution in [0.5, 0.6) is 0 Å². The standard InChI is InChI=1S/C24H24N2O5/c1-16(12-13-22(27)25-14-6-11-23(28)29)26-24(30)31-15-21-19-9-4-2-7-17(19)18-8-3-5-10-20(18)21/h2-5,7-10,16,21H,12-15H2,1H3,(H,25,27)(H,26,30)(H,28,29). The molecule has 1 aliphatic carbocycles. The van der Waals surface area contributed by atoms with Crippen LogP contribution in [0.1, 0.15) is 36.8 Å². The topological polar surface area (TPSA) is 105 Å². The molecule has 160 valence electrons. The predicted octanol–water partition coefficient (Wildman–Crippen LogP) is 2.90. The first-order valence-electron chi connectivity index (χ1n) is 10.1. The number of nitrogens with one attached hydrogen (secondary N) is 2. The zero-order chi connectivity index (χ0) is 22.2. The van der Waals surface area contributed by atoms with Gasteiger partial charge < -0.3 is 20.5 Å². The van der Waals surface area contributed by atoms with Crippen molar-refractivity contribution in [3.05, 3.63) is 59.7 Å². The first-order chi connectivity index (χ1) is 15.0. The molecule has 3 rings (SSSR count). The third-order valence-corrected chi connectivity index (χ3v) is 5.08. The second-order valence-corrected chi connectivity index (χ2v) is 7.29. The number of ether oxygens (including phenoxy) is 1. The minimum Gasteiger partial charge on any atom is -0.472 e. The number of carboxylic acids is 1. The van der Waals surface area contributed by atoms with Crippen molar-refractivity contribution in [1.29, 1.82) is 0 Å². The zero-order valence-corrected chi connectivity index (χ0v) is 17.2. The number of carbonyl (C=O) groups is 3. The van der Waals surface area contributed by atoms with Crippen molar-refractivity contribution in [2.45, 2.75) is 31.7 Å². The minimum absolute atomic E-state index is 0.00820. The Labute approximate surface area is 180 Å². The Hall–Kier alpha value is -3.79. The van der Waals surface area contributed by atoms with Crippen molar-refractivity contribution in [2.24, 2.45) is 0 Å². The molecule has 2 amide bonds. The number of carbonyl (C=O) groups excluding carboxylic acids is 2. The third kappa shape index (κ3) is 5.86. The highest BCUT2D eigenvalue weighted by molar-refractivity contribution is 5.86. The van der Waals surface area contributed by atoms with E-state index in [0.29, 0.717) is 6.42 Å². The lowest BCUT2D eigenvalue weighted by Crippen LogP contribution is -2.35. The van der Waals surface area contributed by atoms with Gasteiger partial charge in [-0.15, -0.1) is 0 Å². The van der Waals surface area contributed by atoms with Gasteiger partial charge in [-0.3, -0.25) is 4.79 Å². The van der Waals surface area contributed by atoms with Gasteiger partial charge in [0.25, 0.3) is 0 Å². The van der Waals surface area contributed by atoms with E-state index >= 15 is 0 Å². The van der Waals surface area contributed by atoms with Gasteiger partial charge in [-0.25, -0.2) is 9.59 Å². The molecule has 1 unspecified atom stereocenters. The molecular formula is C24H24N2O5. The smallest absolute Gasteiger partial charge is 0.407 e. The quantitative estimate of drug-likeness (QED) is 0.598. The molecule has 0 aromatic heterocycles. The number of alkyl carbamates (subject to hydrolysis) is 1. The SMILES string of the molecule is CC(CCC(=O)NCC#CC(=O)O)NC(=O)OCC1c2ccccc2-c2ccccc21. The lowest BCUT2D eigenvalue weighted by molar-refractivity contribution is -0.130. The van der Waals surface area contributed by atoms with Crippen LogP contribution in [0.3, 0.4) is 0 Å². The summed E-state index contributed by atoms with van der Waals surface area (Å²) in [6, 6.07) is 16.0. The summed E-state index contributed by atoms with van der Waals surface area (Å²) in [6.45, 7) is 1.99. The molecule has 1 aliphatic rings. The molecule has 0 spiro atoms. The van der Waals surface area contributed by atoms with Crippen molar-refractivity contribution < 1.29 is 24.2 Å². The Kier molecular flexibility index (Phi) is 7.28. The Bertz CT molecular complexity index is 992. The van der Waals surface area contributed by atoms with Crippen LogP contribution in [-0.2, 0) is 14.3 Å². The molecule has 31 heavy (non-hydrogen) atoms.